The van der Waals surface area contributed by atoms with Gasteiger partial charge in [-0.15, -0.1) is 16.4 Å². The van der Waals surface area contributed by atoms with E-state index in [1.165, 1.54) is 10.5 Å². The lowest BCUT2D eigenvalue weighted by Crippen LogP contribution is -2.35. The van der Waals surface area contributed by atoms with Crippen LogP contribution in [-0.4, -0.2) is 39.1 Å². The Morgan fingerprint density at radius 2 is 2.37 bits per heavy atom. The Kier molecular flexibility index (Phi) is 3.04. The minimum absolute atomic E-state index is 0.0676. The van der Waals surface area contributed by atoms with Crippen LogP contribution in [-0.2, 0) is 0 Å². The van der Waals surface area contributed by atoms with Crippen molar-refractivity contribution in [2.75, 3.05) is 13.1 Å². The average Bonchev–Trinajstić information content (AvgIpc) is 3.09. The number of carbonyl (C=O) groups excluding carboxylic acids is 1. The van der Waals surface area contributed by atoms with Gasteiger partial charge >= 0.3 is 5.69 Å². The van der Waals surface area contributed by atoms with Crippen LogP contribution in [0.3, 0.4) is 0 Å². The molecule has 2 aromatic heterocycles. The summed E-state index contributed by atoms with van der Waals surface area (Å²) in [5, 5.41) is 7.90. The van der Waals surface area contributed by atoms with Gasteiger partial charge in [-0.2, -0.15) is 0 Å². The Bertz CT molecular complexity index is 668. The number of hydrogen-bond donors (Lipinski definition) is 2. The molecule has 0 radical (unpaired) electrons. The summed E-state index contributed by atoms with van der Waals surface area (Å²) in [6, 6.07) is 4.10. The fourth-order valence-electron chi connectivity index (χ4n) is 2.06. The number of amides is 1. The van der Waals surface area contributed by atoms with Gasteiger partial charge in [0.2, 0.25) is 5.82 Å². The molecule has 0 aliphatic carbocycles. The van der Waals surface area contributed by atoms with Crippen molar-refractivity contribution >= 4 is 22.8 Å². The van der Waals surface area contributed by atoms with E-state index in [9.17, 15) is 9.59 Å². The van der Waals surface area contributed by atoms with Crippen molar-refractivity contribution in [3.63, 3.8) is 0 Å². The average molecular weight is 276 g/mol. The Balaban J connectivity index is 1.73. The van der Waals surface area contributed by atoms with Crippen LogP contribution < -0.4 is 5.69 Å². The molecule has 0 unspecified atom stereocenters. The van der Waals surface area contributed by atoms with E-state index < -0.39 is 5.69 Å². The first-order valence-electron chi connectivity index (χ1n) is 5.91. The number of nitrogens with one attached hydrogen (secondary N) is 2. The molecule has 3 heterocycles. The molecule has 19 heavy (non-hydrogen) atoms. The van der Waals surface area contributed by atoms with Crippen LogP contribution in [0.15, 0.2) is 28.4 Å². The normalized spacial score (nSPS) is 15.4. The van der Waals surface area contributed by atoms with Crippen molar-refractivity contribution in [1.82, 2.24) is 20.1 Å². The van der Waals surface area contributed by atoms with Crippen molar-refractivity contribution in [2.24, 2.45) is 0 Å². The van der Waals surface area contributed by atoms with E-state index in [-0.39, 0.29) is 11.7 Å². The van der Waals surface area contributed by atoms with E-state index in [0.29, 0.717) is 13.1 Å². The predicted octanol–water partition coefficient (Wildman–Crippen LogP) is 1.09. The quantitative estimate of drug-likeness (QED) is 0.861. The molecule has 98 valence electrons. The van der Waals surface area contributed by atoms with Gasteiger partial charge in [-0.05, 0) is 23.4 Å². The van der Waals surface area contributed by atoms with Gasteiger partial charge in [0.1, 0.15) is 0 Å². The standard InChI is InChI=1S/C12H12N4O2S/c17-11(10-13-12(18)15-14-10)16-5-3-8(4-6-16)9-2-1-7-19-9/h1-3,7H,4-6H2,(H2,13,14,15,18). The Labute approximate surface area is 112 Å². The Morgan fingerprint density at radius 3 is 2.95 bits per heavy atom. The van der Waals surface area contributed by atoms with Gasteiger partial charge in [0.25, 0.3) is 5.91 Å². The van der Waals surface area contributed by atoms with Gasteiger partial charge in [0.15, 0.2) is 0 Å². The molecular formula is C12H12N4O2S. The zero-order chi connectivity index (χ0) is 13.2. The minimum Gasteiger partial charge on any atom is -0.332 e. The molecule has 1 amide bonds. The molecule has 0 saturated heterocycles. The molecule has 1 aliphatic heterocycles. The highest BCUT2D eigenvalue weighted by molar-refractivity contribution is 7.11. The summed E-state index contributed by atoms with van der Waals surface area (Å²) < 4.78 is 0. The highest BCUT2D eigenvalue weighted by Crippen LogP contribution is 2.26. The van der Waals surface area contributed by atoms with Gasteiger partial charge in [-0.1, -0.05) is 12.1 Å². The number of thiophene rings is 1. The summed E-state index contributed by atoms with van der Waals surface area (Å²) in [6.45, 7) is 1.18. The summed E-state index contributed by atoms with van der Waals surface area (Å²) in [6.07, 6.45) is 2.87. The molecule has 2 aromatic rings. The summed E-state index contributed by atoms with van der Waals surface area (Å²) >= 11 is 1.70. The molecular weight excluding hydrogens is 264 g/mol. The highest BCUT2D eigenvalue weighted by Gasteiger charge is 2.21. The zero-order valence-electron chi connectivity index (χ0n) is 10.0. The van der Waals surface area contributed by atoms with E-state index in [0.717, 1.165) is 6.42 Å². The molecule has 1 aliphatic rings. The topological polar surface area (TPSA) is 81.8 Å². The Morgan fingerprint density at radius 1 is 1.47 bits per heavy atom. The molecule has 7 heteroatoms. The lowest BCUT2D eigenvalue weighted by atomic mass is 10.1. The van der Waals surface area contributed by atoms with Crippen molar-refractivity contribution < 1.29 is 4.79 Å². The van der Waals surface area contributed by atoms with Gasteiger partial charge < -0.3 is 4.90 Å². The van der Waals surface area contributed by atoms with Crippen LogP contribution in [0, 0.1) is 0 Å². The summed E-state index contributed by atoms with van der Waals surface area (Å²) in [4.78, 5) is 28.3. The van der Waals surface area contributed by atoms with E-state index in [4.69, 9.17) is 0 Å². The van der Waals surface area contributed by atoms with Gasteiger partial charge in [0.05, 0.1) is 0 Å². The maximum Gasteiger partial charge on any atom is 0.341 e. The summed E-state index contributed by atoms with van der Waals surface area (Å²) in [5.41, 5.74) is 0.810. The van der Waals surface area contributed by atoms with Crippen LogP contribution in [0.25, 0.3) is 5.57 Å². The van der Waals surface area contributed by atoms with E-state index in [1.54, 1.807) is 16.2 Å². The van der Waals surface area contributed by atoms with Gasteiger partial charge in [-0.3, -0.25) is 9.78 Å². The lowest BCUT2D eigenvalue weighted by Gasteiger charge is -2.25. The third-order valence-electron chi connectivity index (χ3n) is 3.04. The number of H-pyrrole nitrogens is 2. The summed E-state index contributed by atoms with van der Waals surface area (Å²) in [5.74, 6) is -0.183. The van der Waals surface area contributed by atoms with Crippen LogP contribution in [0.1, 0.15) is 21.9 Å². The van der Waals surface area contributed by atoms with Crippen molar-refractivity contribution in [1.29, 1.82) is 0 Å². The molecule has 6 nitrogen and oxygen atoms in total. The fraction of sp³-hybridized carbons (Fsp3) is 0.250. The molecule has 0 atom stereocenters. The third kappa shape index (κ3) is 2.37. The Hall–Kier alpha value is -2.15. The largest absolute Gasteiger partial charge is 0.341 e. The fourth-order valence-corrected chi connectivity index (χ4v) is 2.86. The second-order valence-electron chi connectivity index (χ2n) is 4.23. The lowest BCUT2D eigenvalue weighted by molar-refractivity contribution is 0.0761. The van der Waals surface area contributed by atoms with Crippen LogP contribution in [0.2, 0.25) is 0 Å². The molecule has 0 bridgehead atoms. The number of aromatic amines is 2. The second-order valence-corrected chi connectivity index (χ2v) is 5.18. The number of nitrogens with zero attached hydrogens (tertiary/aromatic N) is 2. The van der Waals surface area contributed by atoms with E-state index in [2.05, 4.69) is 27.3 Å². The van der Waals surface area contributed by atoms with Gasteiger partial charge in [0, 0.05) is 18.0 Å². The van der Waals surface area contributed by atoms with Crippen LogP contribution >= 0.6 is 11.3 Å². The van der Waals surface area contributed by atoms with Crippen molar-refractivity contribution in [3.8, 4) is 0 Å². The van der Waals surface area contributed by atoms with E-state index >= 15 is 0 Å². The smallest absolute Gasteiger partial charge is 0.332 e. The maximum absolute atomic E-state index is 12.1. The monoisotopic (exact) mass is 276 g/mol. The number of carbonyl (C=O) groups is 1. The number of aromatic nitrogens is 3. The van der Waals surface area contributed by atoms with Crippen LogP contribution in [0.5, 0.6) is 0 Å². The highest BCUT2D eigenvalue weighted by atomic mass is 32.1. The number of rotatable bonds is 2. The molecule has 0 fully saturated rings. The van der Waals surface area contributed by atoms with E-state index in [1.807, 2.05) is 11.4 Å². The van der Waals surface area contributed by atoms with Crippen molar-refractivity contribution in [3.05, 3.63) is 44.8 Å². The second kappa shape index (κ2) is 4.85. The molecule has 3 rings (SSSR count). The van der Waals surface area contributed by atoms with Gasteiger partial charge in [-0.25, -0.2) is 9.89 Å². The third-order valence-corrected chi connectivity index (χ3v) is 3.98. The molecule has 2 N–H and O–H groups in total. The van der Waals surface area contributed by atoms with Crippen LogP contribution in [0.4, 0.5) is 0 Å². The summed E-state index contributed by atoms with van der Waals surface area (Å²) in [7, 11) is 0. The SMILES string of the molecule is O=C(c1n[nH]c(=O)[nH]1)N1CC=C(c2cccs2)CC1. The predicted molar refractivity (Wildman–Crippen MR) is 72.0 cm³/mol. The molecule has 0 spiro atoms. The first kappa shape index (κ1) is 11.9. The molecule has 0 aromatic carbocycles. The first-order valence-corrected chi connectivity index (χ1v) is 6.79. The zero-order valence-corrected chi connectivity index (χ0v) is 10.9. The molecule has 0 saturated carbocycles. The minimum atomic E-state index is -0.463. The number of hydrogen-bond acceptors (Lipinski definition) is 4. The maximum atomic E-state index is 12.1. The van der Waals surface area contributed by atoms with Crippen molar-refractivity contribution in [2.45, 2.75) is 6.42 Å². The first-order chi connectivity index (χ1) is 9.24.